The second-order valence-corrected chi connectivity index (χ2v) is 8.19. The molecule has 0 atom stereocenters. The van der Waals surface area contributed by atoms with E-state index in [1.807, 2.05) is 37.3 Å². The van der Waals surface area contributed by atoms with Crippen molar-refractivity contribution in [3.05, 3.63) is 65.5 Å². The van der Waals surface area contributed by atoms with Gasteiger partial charge in [-0.1, -0.05) is 6.07 Å². The zero-order valence-electron chi connectivity index (χ0n) is 18.6. The molecule has 164 valence electrons. The van der Waals surface area contributed by atoms with E-state index >= 15 is 0 Å². The maximum absolute atomic E-state index is 11.9. The molecule has 1 aliphatic rings. The van der Waals surface area contributed by atoms with Crippen LogP contribution in [0.2, 0.25) is 0 Å². The maximum Gasteiger partial charge on any atom is 0.252 e. The van der Waals surface area contributed by atoms with Gasteiger partial charge in [0, 0.05) is 44.2 Å². The molecular weight excluding hydrogens is 414 g/mol. The molecule has 5 rings (SSSR count). The molecule has 4 aromatic rings. The molecule has 0 unspecified atom stereocenters. The van der Waals surface area contributed by atoms with Crippen LogP contribution in [0.3, 0.4) is 0 Å². The van der Waals surface area contributed by atoms with Crippen LogP contribution < -0.4 is 10.2 Å². The SMILES string of the molecule is CNC(=O)c1cnc(-c2cc3nccc(-c4ccc(N5CCCC5)c(C#N)c4)c3o2)c(C)c1. The number of amides is 1. The van der Waals surface area contributed by atoms with Gasteiger partial charge in [-0.05, 0) is 55.2 Å². The fourth-order valence-corrected chi connectivity index (χ4v) is 4.41. The number of hydrogen-bond donors (Lipinski definition) is 1. The van der Waals surface area contributed by atoms with Gasteiger partial charge in [0.05, 0.1) is 16.8 Å². The average Bonchev–Trinajstić information content (AvgIpc) is 3.53. The van der Waals surface area contributed by atoms with Crippen molar-refractivity contribution in [2.45, 2.75) is 19.8 Å². The maximum atomic E-state index is 11.9. The third kappa shape index (κ3) is 3.70. The Morgan fingerprint density at radius 2 is 1.97 bits per heavy atom. The van der Waals surface area contributed by atoms with Gasteiger partial charge in [-0.3, -0.25) is 14.8 Å². The summed E-state index contributed by atoms with van der Waals surface area (Å²) in [5.74, 6) is 0.400. The second-order valence-electron chi connectivity index (χ2n) is 8.19. The molecule has 33 heavy (non-hydrogen) atoms. The van der Waals surface area contributed by atoms with Gasteiger partial charge >= 0.3 is 0 Å². The zero-order chi connectivity index (χ0) is 22.9. The number of nitriles is 1. The summed E-state index contributed by atoms with van der Waals surface area (Å²) < 4.78 is 6.23. The average molecular weight is 438 g/mol. The number of nitrogens with one attached hydrogen (secondary N) is 1. The van der Waals surface area contributed by atoms with E-state index in [-0.39, 0.29) is 5.91 Å². The number of anilines is 1. The van der Waals surface area contributed by atoms with E-state index in [4.69, 9.17) is 4.42 Å². The van der Waals surface area contributed by atoms with Crippen LogP contribution in [0, 0.1) is 18.3 Å². The molecule has 0 spiro atoms. The first-order chi connectivity index (χ1) is 16.1. The van der Waals surface area contributed by atoms with Crippen LogP contribution in [0.25, 0.3) is 33.7 Å². The summed E-state index contributed by atoms with van der Waals surface area (Å²) in [5, 5.41) is 12.4. The number of aryl methyl sites for hydroxylation is 1. The molecule has 3 aromatic heterocycles. The fourth-order valence-electron chi connectivity index (χ4n) is 4.41. The predicted octanol–water partition coefficient (Wildman–Crippen LogP) is 4.70. The highest BCUT2D eigenvalue weighted by molar-refractivity contribution is 5.95. The van der Waals surface area contributed by atoms with Crippen molar-refractivity contribution >= 4 is 22.7 Å². The molecule has 4 heterocycles. The smallest absolute Gasteiger partial charge is 0.252 e. The lowest BCUT2D eigenvalue weighted by atomic mass is 10.0. The van der Waals surface area contributed by atoms with E-state index in [2.05, 4.69) is 26.3 Å². The first-order valence-electron chi connectivity index (χ1n) is 11.0. The van der Waals surface area contributed by atoms with E-state index < -0.39 is 0 Å². The molecule has 1 N–H and O–H groups in total. The van der Waals surface area contributed by atoms with Crippen LogP contribution in [0.15, 0.2) is 53.2 Å². The fraction of sp³-hybridized carbons (Fsp3) is 0.231. The quantitative estimate of drug-likeness (QED) is 0.497. The Hall–Kier alpha value is -4.18. The van der Waals surface area contributed by atoms with Gasteiger partial charge < -0.3 is 14.6 Å². The molecule has 7 nitrogen and oxygen atoms in total. The normalized spacial score (nSPS) is 13.3. The minimum absolute atomic E-state index is 0.184. The van der Waals surface area contributed by atoms with Gasteiger partial charge in [0.25, 0.3) is 5.91 Å². The van der Waals surface area contributed by atoms with Crippen molar-refractivity contribution < 1.29 is 9.21 Å². The van der Waals surface area contributed by atoms with Crippen LogP contribution >= 0.6 is 0 Å². The van der Waals surface area contributed by atoms with E-state index in [1.165, 1.54) is 0 Å². The number of carbonyl (C=O) groups is 1. The molecule has 1 fully saturated rings. The summed E-state index contributed by atoms with van der Waals surface area (Å²) in [6.07, 6.45) is 5.60. The Labute approximate surface area is 191 Å². The minimum Gasteiger partial charge on any atom is -0.452 e. The van der Waals surface area contributed by atoms with Gasteiger partial charge in [-0.15, -0.1) is 0 Å². The molecule has 0 aliphatic carbocycles. The second kappa shape index (κ2) is 8.40. The standard InChI is InChI=1S/C26H23N5O2/c1-16-11-19(26(32)28-2)15-30-24(16)23-13-21-25(33-23)20(7-8-29-21)17-5-6-22(18(12-17)14-27)31-9-3-4-10-31/h5-8,11-13,15H,3-4,9-10H2,1-2H3,(H,28,32). The Morgan fingerprint density at radius 3 is 2.70 bits per heavy atom. The van der Waals surface area contributed by atoms with E-state index in [0.29, 0.717) is 33.7 Å². The van der Waals surface area contributed by atoms with E-state index in [9.17, 15) is 10.1 Å². The first kappa shape index (κ1) is 20.7. The molecule has 1 saturated heterocycles. The van der Waals surface area contributed by atoms with Crippen LogP contribution in [-0.2, 0) is 0 Å². The summed E-state index contributed by atoms with van der Waals surface area (Å²) in [6.45, 7) is 3.87. The van der Waals surface area contributed by atoms with Crippen LogP contribution in [0.4, 0.5) is 5.69 Å². The molecule has 0 bridgehead atoms. The molecule has 0 radical (unpaired) electrons. The van der Waals surface area contributed by atoms with Crippen LogP contribution in [-0.4, -0.2) is 36.0 Å². The third-order valence-corrected chi connectivity index (χ3v) is 6.09. The number of carbonyl (C=O) groups excluding carboxylic acids is 1. The highest BCUT2D eigenvalue weighted by atomic mass is 16.3. The lowest BCUT2D eigenvalue weighted by molar-refractivity contribution is 0.0962. The molecule has 0 saturated carbocycles. The summed E-state index contributed by atoms with van der Waals surface area (Å²) in [7, 11) is 1.59. The van der Waals surface area contributed by atoms with Gasteiger partial charge in [0.2, 0.25) is 0 Å². The minimum atomic E-state index is -0.184. The Balaban J connectivity index is 1.57. The lowest BCUT2D eigenvalue weighted by Gasteiger charge is -2.19. The Bertz CT molecular complexity index is 1410. The summed E-state index contributed by atoms with van der Waals surface area (Å²) in [4.78, 5) is 23.1. The topological polar surface area (TPSA) is 95.0 Å². The number of furan rings is 1. The molecule has 1 aliphatic heterocycles. The molecular formula is C26H23N5O2. The van der Waals surface area contributed by atoms with Crippen molar-refractivity contribution in [3.8, 4) is 28.7 Å². The van der Waals surface area contributed by atoms with Gasteiger partial charge in [0.1, 0.15) is 17.3 Å². The van der Waals surface area contributed by atoms with Crippen LogP contribution in [0.1, 0.15) is 34.3 Å². The van der Waals surface area contributed by atoms with Crippen molar-refractivity contribution in [2.24, 2.45) is 0 Å². The summed E-state index contributed by atoms with van der Waals surface area (Å²) in [5.41, 5.74) is 6.76. The lowest BCUT2D eigenvalue weighted by Crippen LogP contribution is -2.18. The first-order valence-corrected chi connectivity index (χ1v) is 11.0. The van der Waals surface area contributed by atoms with Crippen molar-refractivity contribution in [2.75, 3.05) is 25.0 Å². The molecule has 7 heteroatoms. The predicted molar refractivity (Wildman–Crippen MR) is 127 cm³/mol. The van der Waals surface area contributed by atoms with Gasteiger partial charge in [0.15, 0.2) is 11.3 Å². The number of fused-ring (bicyclic) bond motifs is 1. The summed E-state index contributed by atoms with van der Waals surface area (Å²) >= 11 is 0. The van der Waals surface area contributed by atoms with Crippen LogP contribution in [0.5, 0.6) is 0 Å². The highest BCUT2D eigenvalue weighted by Gasteiger charge is 2.19. The Morgan fingerprint density at radius 1 is 1.15 bits per heavy atom. The third-order valence-electron chi connectivity index (χ3n) is 6.09. The van der Waals surface area contributed by atoms with E-state index in [1.54, 1.807) is 25.5 Å². The molecule has 1 amide bonds. The number of nitrogens with zero attached hydrogens (tertiary/aromatic N) is 4. The highest BCUT2D eigenvalue weighted by Crippen LogP contribution is 2.36. The monoisotopic (exact) mass is 437 g/mol. The van der Waals surface area contributed by atoms with E-state index in [0.717, 1.165) is 48.3 Å². The largest absolute Gasteiger partial charge is 0.452 e. The molecule has 1 aromatic carbocycles. The Kier molecular flexibility index (Phi) is 5.27. The van der Waals surface area contributed by atoms with Gasteiger partial charge in [-0.2, -0.15) is 5.26 Å². The summed E-state index contributed by atoms with van der Waals surface area (Å²) in [6, 6.07) is 13.9. The number of pyridine rings is 2. The van der Waals surface area contributed by atoms with Crippen molar-refractivity contribution in [3.63, 3.8) is 0 Å². The number of rotatable bonds is 4. The van der Waals surface area contributed by atoms with Crippen molar-refractivity contribution in [1.29, 1.82) is 5.26 Å². The zero-order valence-corrected chi connectivity index (χ0v) is 18.6. The number of benzene rings is 1. The van der Waals surface area contributed by atoms with Gasteiger partial charge in [-0.25, -0.2) is 0 Å². The number of aromatic nitrogens is 2. The van der Waals surface area contributed by atoms with Crippen molar-refractivity contribution in [1.82, 2.24) is 15.3 Å². The number of hydrogen-bond acceptors (Lipinski definition) is 6.